The predicted octanol–water partition coefficient (Wildman–Crippen LogP) is 2.17. The first-order chi connectivity index (χ1) is 8.29. The minimum absolute atomic E-state index is 0.386. The van der Waals surface area contributed by atoms with Gasteiger partial charge in [0.15, 0.2) is 0 Å². The Labute approximate surface area is 101 Å². The lowest BCUT2D eigenvalue weighted by Crippen LogP contribution is -2.13. The Morgan fingerprint density at radius 2 is 2.06 bits per heavy atom. The maximum Gasteiger partial charge on any atom is 0.0705 e. The molecule has 1 N–H and O–H groups in total. The fourth-order valence-electron chi connectivity index (χ4n) is 1.82. The van der Waals surface area contributed by atoms with Crippen molar-refractivity contribution in [2.45, 2.75) is 18.9 Å². The third-order valence-corrected chi connectivity index (χ3v) is 2.76. The number of rotatable bonds is 5. The van der Waals surface area contributed by atoms with E-state index in [2.05, 4.69) is 4.98 Å². The number of fused-ring (bicyclic) bond motifs is 1. The van der Waals surface area contributed by atoms with Gasteiger partial charge in [-0.3, -0.25) is 4.98 Å². The van der Waals surface area contributed by atoms with E-state index in [1.54, 1.807) is 7.11 Å². The van der Waals surface area contributed by atoms with Crippen molar-refractivity contribution in [2.24, 2.45) is 0 Å². The second kappa shape index (κ2) is 5.75. The van der Waals surface area contributed by atoms with Crippen molar-refractivity contribution >= 4 is 10.9 Å². The van der Waals surface area contributed by atoms with Crippen LogP contribution in [0.1, 0.15) is 12.1 Å². The minimum Gasteiger partial charge on any atom is -0.393 e. The van der Waals surface area contributed by atoms with Gasteiger partial charge in [-0.25, -0.2) is 0 Å². The second-order valence-electron chi connectivity index (χ2n) is 4.13. The first kappa shape index (κ1) is 12.0. The molecule has 3 nitrogen and oxygen atoms in total. The SMILES string of the molecule is COCCC(O)Cc1ccc2ccccc2n1. The molecule has 0 bridgehead atoms. The van der Waals surface area contributed by atoms with Gasteiger partial charge >= 0.3 is 0 Å². The molecule has 0 aliphatic heterocycles. The van der Waals surface area contributed by atoms with Crippen LogP contribution in [-0.2, 0) is 11.2 Å². The summed E-state index contributed by atoms with van der Waals surface area (Å²) in [4.78, 5) is 4.52. The minimum atomic E-state index is -0.386. The fraction of sp³-hybridized carbons (Fsp3) is 0.357. The monoisotopic (exact) mass is 231 g/mol. The van der Waals surface area contributed by atoms with Gasteiger partial charge in [0.2, 0.25) is 0 Å². The smallest absolute Gasteiger partial charge is 0.0705 e. The van der Waals surface area contributed by atoms with Crippen LogP contribution in [0.4, 0.5) is 0 Å². The number of aromatic nitrogens is 1. The molecule has 1 aromatic carbocycles. The van der Waals surface area contributed by atoms with E-state index in [1.807, 2.05) is 36.4 Å². The van der Waals surface area contributed by atoms with E-state index in [1.165, 1.54) is 0 Å². The van der Waals surface area contributed by atoms with Gasteiger partial charge in [0.1, 0.15) is 0 Å². The summed E-state index contributed by atoms with van der Waals surface area (Å²) in [5.41, 5.74) is 1.90. The van der Waals surface area contributed by atoms with Crippen LogP contribution in [0.25, 0.3) is 10.9 Å². The van der Waals surface area contributed by atoms with E-state index in [4.69, 9.17) is 4.74 Å². The Bertz CT molecular complexity index is 484. The molecular formula is C14H17NO2. The van der Waals surface area contributed by atoms with Crippen molar-refractivity contribution in [2.75, 3.05) is 13.7 Å². The van der Waals surface area contributed by atoms with Gasteiger partial charge in [-0.1, -0.05) is 24.3 Å². The molecule has 0 aliphatic carbocycles. The Morgan fingerprint density at radius 3 is 2.88 bits per heavy atom. The fourth-order valence-corrected chi connectivity index (χ4v) is 1.82. The summed E-state index contributed by atoms with van der Waals surface area (Å²) in [6.45, 7) is 0.578. The van der Waals surface area contributed by atoms with Crippen molar-refractivity contribution in [1.82, 2.24) is 4.98 Å². The molecule has 1 heterocycles. The molecule has 3 heteroatoms. The highest BCUT2D eigenvalue weighted by Gasteiger charge is 2.06. The first-order valence-corrected chi connectivity index (χ1v) is 5.81. The molecule has 0 saturated carbocycles. The van der Waals surface area contributed by atoms with Crippen LogP contribution in [-0.4, -0.2) is 29.9 Å². The Kier molecular flexibility index (Phi) is 4.07. The third kappa shape index (κ3) is 3.25. The van der Waals surface area contributed by atoms with Gasteiger partial charge < -0.3 is 9.84 Å². The van der Waals surface area contributed by atoms with E-state index in [0.717, 1.165) is 16.6 Å². The molecule has 0 amide bonds. The number of benzene rings is 1. The highest BCUT2D eigenvalue weighted by atomic mass is 16.5. The summed E-state index contributed by atoms with van der Waals surface area (Å²) in [6, 6.07) is 12.0. The Hall–Kier alpha value is -1.45. The molecular weight excluding hydrogens is 214 g/mol. The van der Waals surface area contributed by atoms with Crippen molar-refractivity contribution < 1.29 is 9.84 Å². The van der Waals surface area contributed by atoms with Crippen molar-refractivity contribution in [1.29, 1.82) is 0 Å². The van der Waals surface area contributed by atoms with Gasteiger partial charge in [0, 0.05) is 31.2 Å². The standard InChI is InChI=1S/C14H17NO2/c1-17-9-8-13(16)10-12-7-6-11-4-2-3-5-14(11)15-12/h2-7,13,16H,8-10H2,1H3. The van der Waals surface area contributed by atoms with E-state index < -0.39 is 0 Å². The summed E-state index contributed by atoms with van der Waals surface area (Å²) in [5, 5.41) is 10.9. The Balaban J connectivity index is 2.08. The quantitative estimate of drug-likeness (QED) is 0.857. The number of aliphatic hydroxyl groups is 1. The number of hydrogen-bond acceptors (Lipinski definition) is 3. The number of methoxy groups -OCH3 is 1. The number of aliphatic hydroxyl groups excluding tert-OH is 1. The highest BCUT2D eigenvalue weighted by molar-refractivity contribution is 5.78. The van der Waals surface area contributed by atoms with Crippen LogP contribution in [0.5, 0.6) is 0 Å². The molecule has 17 heavy (non-hydrogen) atoms. The van der Waals surface area contributed by atoms with Crippen LogP contribution in [0.15, 0.2) is 36.4 Å². The summed E-state index contributed by atoms with van der Waals surface area (Å²) in [7, 11) is 1.64. The zero-order valence-electron chi connectivity index (χ0n) is 9.97. The molecule has 1 aromatic heterocycles. The number of para-hydroxylation sites is 1. The second-order valence-corrected chi connectivity index (χ2v) is 4.13. The lowest BCUT2D eigenvalue weighted by molar-refractivity contribution is 0.109. The van der Waals surface area contributed by atoms with E-state index in [9.17, 15) is 5.11 Å². The maximum atomic E-state index is 9.79. The van der Waals surface area contributed by atoms with Crippen LogP contribution >= 0.6 is 0 Å². The molecule has 2 aromatic rings. The number of hydrogen-bond donors (Lipinski definition) is 1. The van der Waals surface area contributed by atoms with Gasteiger partial charge in [0.05, 0.1) is 11.6 Å². The van der Waals surface area contributed by atoms with Crippen molar-refractivity contribution in [3.8, 4) is 0 Å². The zero-order valence-corrected chi connectivity index (χ0v) is 9.97. The summed E-state index contributed by atoms with van der Waals surface area (Å²) in [6.07, 6.45) is 0.836. The Morgan fingerprint density at radius 1 is 1.24 bits per heavy atom. The van der Waals surface area contributed by atoms with Crippen molar-refractivity contribution in [3.05, 3.63) is 42.1 Å². The molecule has 0 radical (unpaired) electrons. The first-order valence-electron chi connectivity index (χ1n) is 5.81. The molecule has 0 aliphatic rings. The van der Waals surface area contributed by atoms with Crippen LogP contribution in [0.3, 0.4) is 0 Å². The van der Waals surface area contributed by atoms with Gasteiger partial charge in [-0.15, -0.1) is 0 Å². The van der Waals surface area contributed by atoms with E-state index in [-0.39, 0.29) is 6.10 Å². The van der Waals surface area contributed by atoms with Crippen LogP contribution in [0, 0.1) is 0 Å². The molecule has 1 unspecified atom stereocenters. The van der Waals surface area contributed by atoms with Crippen LogP contribution in [0.2, 0.25) is 0 Å². The van der Waals surface area contributed by atoms with Gasteiger partial charge in [-0.05, 0) is 18.6 Å². The number of pyridine rings is 1. The summed E-state index contributed by atoms with van der Waals surface area (Å²) in [5.74, 6) is 0. The number of nitrogens with zero attached hydrogens (tertiary/aromatic N) is 1. The molecule has 0 spiro atoms. The molecule has 0 fully saturated rings. The van der Waals surface area contributed by atoms with E-state index >= 15 is 0 Å². The van der Waals surface area contributed by atoms with Crippen molar-refractivity contribution in [3.63, 3.8) is 0 Å². The topological polar surface area (TPSA) is 42.4 Å². The van der Waals surface area contributed by atoms with Crippen LogP contribution < -0.4 is 0 Å². The third-order valence-electron chi connectivity index (χ3n) is 2.76. The average molecular weight is 231 g/mol. The molecule has 90 valence electrons. The summed E-state index contributed by atoms with van der Waals surface area (Å²) < 4.78 is 4.94. The maximum absolute atomic E-state index is 9.79. The molecule has 1 atom stereocenters. The largest absolute Gasteiger partial charge is 0.393 e. The summed E-state index contributed by atoms with van der Waals surface area (Å²) >= 11 is 0. The highest BCUT2D eigenvalue weighted by Crippen LogP contribution is 2.13. The number of ether oxygens (including phenoxy) is 1. The van der Waals surface area contributed by atoms with E-state index in [0.29, 0.717) is 19.4 Å². The predicted molar refractivity (Wildman–Crippen MR) is 67.9 cm³/mol. The molecule has 2 rings (SSSR count). The normalized spacial score (nSPS) is 12.8. The molecule has 0 saturated heterocycles. The zero-order chi connectivity index (χ0) is 12.1. The van der Waals surface area contributed by atoms with Gasteiger partial charge in [0.25, 0.3) is 0 Å². The van der Waals surface area contributed by atoms with Gasteiger partial charge in [-0.2, -0.15) is 0 Å². The lowest BCUT2D eigenvalue weighted by Gasteiger charge is -2.09. The average Bonchev–Trinajstić information content (AvgIpc) is 2.36. The lowest BCUT2D eigenvalue weighted by atomic mass is 10.1.